The molecule has 1 aliphatic heterocycles. The molecular weight excluding hydrogens is 492 g/mol. The lowest BCUT2D eigenvalue weighted by Crippen LogP contribution is -2.53. The molecule has 2 fully saturated rings. The number of aromatic nitrogens is 2. The zero-order chi connectivity index (χ0) is 27.4. The fourth-order valence-electron chi connectivity index (χ4n) is 5.44. The van der Waals surface area contributed by atoms with Crippen molar-refractivity contribution in [2.24, 2.45) is 16.8 Å². The van der Waals surface area contributed by atoms with Crippen molar-refractivity contribution < 1.29 is 14.4 Å². The lowest BCUT2D eigenvalue weighted by Gasteiger charge is -2.26. The van der Waals surface area contributed by atoms with Crippen LogP contribution in [-0.2, 0) is 20.8 Å². The number of carbonyl (C=O) groups excluding carboxylic acids is 3. The molecule has 0 radical (unpaired) electrons. The minimum Gasteiger partial charge on any atom is -0.326 e. The van der Waals surface area contributed by atoms with Crippen molar-refractivity contribution in [1.82, 2.24) is 20.2 Å². The SMILES string of the molecule is Cc1cc(C)nc(N=C(NC(=O)[C@H](Cc2ccccc2)N2C(=O)[C@@H]3CCCC[C@H]3C2=O)Nc2ccccc2)n1. The Balaban J connectivity index is 1.48. The number of aryl methyl sites for hydroxylation is 2. The van der Waals surface area contributed by atoms with E-state index in [0.29, 0.717) is 18.5 Å². The van der Waals surface area contributed by atoms with E-state index in [4.69, 9.17) is 0 Å². The largest absolute Gasteiger partial charge is 0.326 e. The molecule has 2 aliphatic rings. The van der Waals surface area contributed by atoms with Gasteiger partial charge in [0.15, 0.2) is 0 Å². The van der Waals surface area contributed by atoms with Crippen LogP contribution >= 0.6 is 0 Å². The highest BCUT2D eigenvalue weighted by Crippen LogP contribution is 2.39. The Morgan fingerprint density at radius 1 is 0.923 bits per heavy atom. The van der Waals surface area contributed by atoms with Gasteiger partial charge in [-0.25, -0.2) is 9.97 Å². The third kappa shape index (κ3) is 6.03. The second-order valence-electron chi connectivity index (χ2n) is 10.1. The van der Waals surface area contributed by atoms with Crippen LogP contribution < -0.4 is 10.6 Å². The molecule has 2 aromatic carbocycles. The lowest BCUT2D eigenvalue weighted by atomic mass is 9.81. The molecule has 1 aromatic heterocycles. The van der Waals surface area contributed by atoms with E-state index < -0.39 is 11.9 Å². The summed E-state index contributed by atoms with van der Waals surface area (Å²) in [6, 6.07) is 19.5. The minimum absolute atomic E-state index is 0.103. The van der Waals surface area contributed by atoms with E-state index >= 15 is 0 Å². The normalized spacial score (nSPS) is 19.9. The van der Waals surface area contributed by atoms with Crippen LogP contribution in [0.5, 0.6) is 0 Å². The van der Waals surface area contributed by atoms with Crippen LogP contribution in [0.25, 0.3) is 0 Å². The monoisotopic (exact) mass is 524 g/mol. The van der Waals surface area contributed by atoms with Crippen molar-refractivity contribution in [1.29, 1.82) is 0 Å². The zero-order valence-corrected chi connectivity index (χ0v) is 22.1. The molecule has 39 heavy (non-hydrogen) atoms. The number of guanidine groups is 1. The van der Waals surface area contributed by atoms with E-state index in [9.17, 15) is 14.4 Å². The van der Waals surface area contributed by atoms with E-state index in [1.165, 1.54) is 4.90 Å². The Bertz CT molecular complexity index is 1350. The standard InChI is InChI=1S/C30H32N6O3/c1-19-17-20(2)32-29(31-19)35-30(33-22-13-7-4-8-14-22)34-26(37)25(18-21-11-5-3-6-12-21)36-27(38)23-15-9-10-16-24(23)28(36)39/h3-8,11-14,17,23-25H,9-10,15-16,18H2,1-2H3,(H2,31,32,33,34,35,37)/t23-,24-,25+/m1/s1. The van der Waals surface area contributed by atoms with Gasteiger partial charge in [0, 0.05) is 23.5 Å². The van der Waals surface area contributed by atoms with Crippen molar-refractivity contribution in [3.63, 3.8) is 0 Å². The molecule has 0 spiro atoms. The Kier molecular flexibility index (Phi) is 7.76. The number of fused-ring (bicyclic) bond motifs is 1. The number of hydrogen-bond acceptors (Lipinski definition) is 6. The zero-order valence-electron chi connectivity index (χ0n) is 22.1. The molecule has 9 heteroatoms. The molecular formula is C30H32N6O3. The van der Waals surface area contributed by atoms with Gasteiger partial charge in [-0.05, 0) is 50.5 Å². The number of benzene rings is 2. The molecule has 3 aromatic rings. The maximum absolute atomic E-state index is 13.9. The van der Waals surface area contributed by atoms with Gasteiger partial charge in [0.05, 0.1) is 11.8 Å². The highest BCUT2D eigenvalue weighted by Gasteiger charge is 2.51. The first kappa shape index (κ1) is 26.2. The number of hydrogen-bond donors (Lipinski definition) is 2. The number of anilines is 1. The predicted octanol–water partition coefficient (Wildman–Crippen LogP) is 4.10. The van der Waals surface area contributed by atoms with Gasteiger partial charge in [0.2, 0.25) is 23.7 Å². The van der Waals surface area contributed by atoms with E-state index in [2.05, 4.69) is 25.6 Å². The Morgan fingerprint density at radius 3 is 2.08 bits per heavy atom. The van der Waals surface area contributed by atoms with Crippen LogP contribution in [0.2, 0.25) is 0 Å². The topological polar surface area (TPSA) is 117 Å². The van der Waals surface area contributed by atoms with Crippen LogP contribution in [0.15, 0.2) is 71.7 Å². The number of nitrogens with one attached hydrogen (secondary N) is 2. The van der Waals surface area contributed by atoms with Gasteiger partial charge < -0.3 is 5.32 Å². The number of para-hydroxylation sites is 1. The van der Waals surface area contributed by atoms with E-state index in [1.54, 1.807) is 0 Å². The van der Waals surface area contributed by atoms with Gasteiger partial charge in [-0.3, -0.25) is 24.6 Å². The Morgan fingerprint density at radius 2 is 1.49 bits per heavy atom. The number of nitrogens with zero attached hydrogens (tertiary/aromatic N) is 4. The molecule has 1 saturated heterocycles. The highest BCUT2D eigenvalue weighted by atomic mass is 16.2. The van der Waals surface area contributed by atoms with Gasteiger partial charge in [0.1, 0.15) is 6.04 Å². The smallest absolute Gasteiger partial charge is 0.253 e. The Hall–Kier alpha value is -4.40. The van der Waals surface area contributed by atoms with E-state index in [-0.39, 0.29) is 42.0 Å². The maximum Gasteiger partial charge on any atom is 0.253 e. The molecule has 3 amide bonds. The highest BCUT2D eigenvalue weighted by molar-refractivity contribution is 6.12. The molecule has 0 unspecified atom stereocenters. The summed E-state index contributed by atoms with van der Waals surface area (Å²) in [5.74, 6) is -1.43. The second kappa shape index (κ2) is 11.6. The van der Waals surface area contributed by atoms with Crippen molar-refractivity contribution in [2.75, 3.05) is 5.32 Å². The summed E-state index contributed by atoms with van der Waals surface area (Å²) in [5.41, 5.74) is 3.02. The summed E-state index contributed by atoms with van der Waals surface area (Å²) in [5, 5.41) is 5.98. The van der Waals surface area contributed by atoms with Crippen molar-refractivity contribution in [3.05, 3.63) is 83.7 Å². The van der Waals surface area contributed by atoms with Gasteiger partial charge in [-0.2, -0.15) is 4.99 Å². The summed E-state index contributed by atoms with van der Waals surface area (Å²) in [7, 11) is 0. The summed E-state index contributed by atoms with van der Waals surface area (Å²) >= 11 is 0. The van der Waals surface area contributed by atoms with E-state index in [0.717, 1.165) is 29.8 Å². The van der Waals surface area contributed by atoms with Gasteiger partial charge in [0.25, 0.3) is 5.95 Å². The Labute approximate surface area is 227 Å². The first-order valence-electron chi connectivity index (χ1n) is 13.3. The summed E-state index contributed by atoms with van der Waals surface area (Å²) in [4.78, 5) is 55.4. The quantitative estimate of drug-likeness (QED) is 0.285. The molecule has 3 atom stereocenters. The van der Waals surface area contributed by atoms with Crippen LogP contribution in [0.1, 0.15) is 42.6 Å². The third-order valence-corrected chi connectivity index (χ3v) is 7.22. The van der Waals surface area contributed by atoms with Crippen molar-refractivity contribution in [2.45, 2.75) is 52.0 Å². The molecule has 1 aliphatic carbocycles. The first-order chi connectivity index (χ1) is 18.9. The number of carbonyl (C=O) groups is 3. The number of aliphatic imine (C=N–C) groups is 1. The van der Waals surface area contributed by atoms with Crippen LogP contribution in [-0.4, -0.2) is 44.6 Å². The second-order valence-corrected chi connectivity index (χ2v) is 10.1. The van der Waals surface area contributed by atoms with Gasteiger partial charge in [-0.15, -0.1) is 0 Å². The van der Waals surface area contributed by atoms with Crippen LogP contribution in [0.3, 0.4) is 0 Å². The molecule has 2 N–H and O–H groups in total. The fourth-order valence-corrected chi connectivity index (χ4v) is 5.44. The number of amides is 3. The number of imide groups is 1. The molecule has 200 valence electrons. The van der Waals surface area contributed by atoms with E-state index in [1.807, 2.05) is 80.6 Å². The molecule has 1 saturated carbocycles. The fraction of sp³-hybridized carbons (Fsp3) is 0.333. The van der Waals surface area contributed by atoms with Crippen LogP contribution in [0.4, 0.5) is 11.6 Å². The minimum atomic E-state index is -1.03. The van der Waals surface area contributed by atoms with Crippen LogP contribution in [0, 0.1) is 25.7 Å². The first-order valence-corrected chi connectivity index (χ1v) is 13.3. The molecule has 2 heterocycles. The average molecular weight is 525 g/mol. The van der Waals surface area contributed by atoms with Crippen molar-refractivity contribution in [3.8, 4) is 0 Å². The summed E-state index contributed by atoms with van der Waals surface area (Å²) in [6.45, 7) is 3.69. The van der Waals surface area contributed by atoms with Gasteiger partial charge in [-0.1, -0.05) is 61.4 Å². The van der Waals surface area contributed by atoms with Crippen molar-refractivity contribution >= 4 is 35.3 Å². The molecule has 9 nitrogen and oxygen atoms in total. The maximum atomic E-state index is 13.9. The lowest BCUT2D eigenvalue weighted by molar-refractivity contribution is -0.147. The van der Waals surface area contributed by atoms with Gasteiger partial charge >= 0.3 is 0 Å². The number of rotatable bonds is 6. The summed E-state index contributed by atoms with van der Waals surface area (Å²) in [6.07, 6.45) is 3.38. The predicted molar refractivity (Wildman–Crippen MR) is 148 cm³/mol. The molecule has 0 bridgehead atoms. The molecule has 5 rings (SSSR count). The number of likely N-dealkylation sites (tertiary alicyclic amines) is 1. The average Bonchev–Trinajstić information content (AvgIpc) is 3.17. The third-order valence-electron chi connectivity index (χ3n) is 7.22. The summed E-state index contributed by atoms with van der Waals surface area (Å²) < 4.78 is 0.